The summed E-state index contributed by atoms with van der Waals surface area (Å²) in [5.74, 6) is 0.175. The molecule has 0 radical (unpaired) electrons. The van der Waals surface area contributed by atoms with Crippen LogP contribution in [-0.4, -0.2) is 21.4 Å². The van der Waals surface area contributed by atoms with Gasteiger partial charge in [-0.25, -0.2) is 0 Å². The van der Waals surface area contributed by atoms with E-state index in [1.54, 1.807) is 12.1 Å². The second-order valence-electron chi connectivity index (χ2n) is 10.6. The topological polar surface area (TPSA) is 60.7 Å². The maximum absolute atomic E-state index is 11.2. The van der Waals surface area contributed by atoms with Crippen LogP contribution in [0.1, 0.15) is 87.8 Å². The second-order valence-corrected chi connectivity index (χ2v) is 10.6. The summed E-state index contributed by atoms with van der Waals surface area (Å²) in [4.78, 5) is 0. The maximum Gasteiger partial charge on any atom is 0.119 e. The molecule has 0 heterocycles. The van der Waals surface area contributed by atoms with E-state index in [1.807, 2.05) is 20.8 Å². The molecule has 160 valence electrons. The Morgan fingerprint density at radius 2 is 1.21 bits per heavy atom. The zero-order valence-corrected chi connectivity index (χ0v) is 19.5. The van der Waals surface area contributed by atoms with Crippen molar-refractivity contribution in [2.75, 3.05) is 0 Å². The smallest absolute Gasteiger partial charge is 0.119 e. The highest BCUT2D eigenvalue weighted by Gasteiger charge is 2.30. The lowest BCUT2D eigenvalue weighted by Crippen LogP contribution is -2.25. The van der Waals surface area contributed by atoms with Crippen molar-refractivity contribution < 1.29 is 15.3 Å². The van der Waals surface area contributed by atoms with E-state index in [-0.39, 0.29) is 28.2 Å². The highest BCUT2D eigenvalue weighted by molar-refractivity contribution is 5.49. The van der Waals surface area contributed by atoms with Crippen LogP contribution in [0, 0.1) is 13.8 Å². The average molecular weight is 399 g/mol. The fourth-order valence-corrected chi connectivity index (χ4v) is 4.14. The first kappa shape index (κ1) is 23.3. The van der Waals surface area contributed by atoms with Gasteiger partial charge in [-0.3, -0.25) is 0 Å². The van der Waals surface area contributed by atoms with Crippen molar-refractivity contribution >= 4 is 0 Å². The van der Waals surface area contributed by atoms with Crippen LogP contribution < -0.4 is 0 Å². The van der Waals surface area contributed by atoms with Crippen molar-refractivity contribution in [3.05, 3.63) is 57.6 Å². The molecule has 2 rings (SSSR count). The van der Waals surface area contributed by atoms with Gasteiger partial charge in [0.15, 0.2) is 0 Å². The molecule has 0 spiro atoms. The zero-order valence-electron chi connectivity index (χ0n) is 19.5. The van der Waals surface area contributed by atoms with Crippen LogP contribution >= 0.6 is 0 Å². The number of hydrogen-bond acceptors (Lipinski definition) is 3. The molecule has 29 heavy (non-hydrogen) atoms. The quantitative estimate of drug-likeness (QED) is 0.590. The lowest BCUT2D eigenvalue weighted by Gasteiger charge is -2.31. The van der Waals surface area contributed by atoms with Crippen LogP contribution in [0.15, 0.2) is 24.3 Å². The van der Waals surface area contributed by atoms with E-state index in [9.17, 15) is 15.3 Å². The highest BCUT2D eigenvalue weighted by atomic mass is 16.3. The minimum absolute atomic E-state index is 0.148. The maximum atomic E-state index is 11.2. The number of phenolic OH excluding ortho intramolecular Hbond substituents is 2. The second kappa shape index (κ2) is 8.02. The fraction of sp³-hybridized carbons (Fsp3) is 0.538. The zero-order chi connectivity index (χ0) is 22.3. The van der Waals surface area contributed by atoms with Gasteiger partial charge in [-0.2, -0.15) is 0 Å². The Morgan fingerprint density at radius 3 is 1.69 bits per heavy atom. The normalized spacial score (nSPS) is 14.7. The van der Waals surface area contributed by atoms with Gasteiger partial charge in [0.1, 0.15) is 11.5 Å². The first-order chi connectivity index (χ1) is 13.1. The van der Waals surface area contributed by atoms with Gasteiger partial charge in [-0.15, -0.1) is 0 Å². The summed E-state index contributed by atoms with van der Waals surface area (Å²) >= 11 is 0. The Labute approximate surface area is 176 Å². The molecule has 2 unspecified atom stereocenters. The molecule has 0 aliphatic heterocycles. The van der Waals surface area contributed by atoms with Gasteiger partial charge < -0.3 is 15.3 Å². The third kappa shape index (κ3) is 5.14. The first-order valence-electron chi connectivity index (χ1n) is 10.5. The Hall–Kier alpha value is -2.00. The summed E-state index contributed by atoms with van der Waals surface area (Å²) in [5.41, 5.74) is 5.37. The number of phenols is 2. The van der Waals surface area contributed by atoms with Crippen molar-refractivity contribution in [3.8, 4) is 11.5 Å². The van der Waals surface area contributed by atoms with Crippen LogP contribution in [0.3, 0.4) is 0 Å². The number of rotatable bonds is 4. The van der Waals surface area contributed by atoms with E-state index < -0.39 is 6.10 Å². The Kier molecular flexibility index (Phi) is 6.44. The molecule has 0 bridgehead atoms. The van der Waals surface area contributed by atoms with Gasteiger partial charge in [0, 0.05) is 23.5 Å². The standard InChI is InChI=1S/C26H38O3/c1-15-10-19(25(4,5)6)18(22(28)12-15)14-21(27)17(3)24-20(26(7,8)9)11-16(2)13-23(24)29/h10-13,17,21,27-29H,14H2,1-9H3. The summed E-state index contributed by atoms with van der Waals surface area (Å²) in [6.07, 6.45) is -0.407. The van der Waals surface area contributed by atoms with Crippen molar-refractivity contribution in [2.24, 2.45) is 0 Å². The number of aliphatic hydroxyl groups is 1. The molecule has 0 aliphatic carbocycles. The van der Waals surface area contributed by atoms with Crippen LogP contribution in [0.2, 0.25) is 0 Å². The number of aromatic hydroxyl groups is 2. The molecule has 0 aliphatic rings. The molecule has 2 aromatic carbocycles. The van der Waals surface area contributed by atoms with E-state index in [0.717, 1.165) is 33.4 Å². The van der Waals surface area contributed by atoms with E-state index in [4.69, 9.17) is 0 Å². The molecular formula is C26H38O3. The molecule has 0 fully saturated rings. The average Bonchev–Trinajstić information content (AvgIpc) is 2.53. The third-order valence-corrected chi connectivity index (χ3v) is 5.74. The van der Waals surface area contributed by atoms with Crippen molar-refractivity contribution in [2.45, 2.75) is 91.6 Å². The lowest BCUT2D eigenvalue weighted by molar-refractivity contribution is 0.146. The highest BCUT2D eigenvalue weighted by Crippen LogP contribution is 2.41. The van der Waals surface area contributed by atoms with Gasteiger partial charge in [-0.1, -0.05) is 60.6 Å². The van der Waals surface area contributed by atoms with E-state index in [2.05, 4.69) is 53.7 Å². The summed E-state index contributed by atoms with van der Waals surface area (Å²) in [6, 6.07) is 7.71. The van der Waals surface area contributed by atoms with E-state index in [1.165, 1.54) is 0 Å². The van der Waals surface area contributed by atoms with Crippen molar-refractivity contribution in [3.63, 3.8) is 0 Å². The number of benzene rings is 2. The van der Waals surface area contributed by atoms with E-state index in [0.29, 0.717) is 6.42 Å². The lowest BCUT2D eigenvalue weighted by atomic mass is 9.76. The molecule has 0 saturated heterocycles. The molecular weight excluding hydrogens is 360 g/mol. The summed E-state index contributed by atoms with van der Waals surface area (Å²) in [5, 5.41) is 32.6. The Bertz CT molecular complexity index is 882. The number of aliphatic hydroxyl groups excluding tert-OH is 1. The van der Waals surface area contributed by atoms with Crippen molar-refractivity contribution in [1.82, 2.24) is 0 Å². The fourth-order valence-electron chi connectivity index (χ4n) is 4.14. The minimum atomic E-state index is -0.737. The molecule has 2 aromatic rings. The summed E-state index contributed by atoms with van der Waals surface area (Å²) < 4.78 is 0. The molecule has 0 saturated carbocycles. The molecule has 3 heteroatoms. The first-order valence-corrected chi connectivity index (χ1v) is 10.5. The third-order valence-electron chi connectivity index (χ3n) is 5.74. The van der Waals surface area contributed by atoms with Gasteiger partial charge in [0.25, 0.3) is 0 Å². The molecule has 3 nitrogen and oxygen atoms in total. The molecule has 2 atom stereocenters. The molecule has 0 aromatic heterocycles. The number of aryl methyl sites for hydroxylation is 2. The van der Waals surface area contributed by atoms with Crippen LogP contribution in [0.4, 0.5) is 0 Å². The van der Waals surface area contributed by atoms with Crippen LogP contribution in [0.25, 0.3) is 0 Å². The predicted molar refractivity (Wildman–Crippen MR) is 121 cm³/mol. The van der Waals surface area contributed by atoms with Gasteiger partial charge in [0.2, 0.25) is 0 Å². The monoisotopic (exact) mass is 398 g/mol. The van der Waals surface area contributed by atoms with Gasteiger partial charge in [-0.05, 0) is 59.1 Å². The van der Waals surface area contributed by atoms with Gasteiger partial charge >= 0.3 is 0 Å². The van der Waals surface area contributed by atoms with Gasteiger partial charge in [0.05, 0.1) is 6.10 Å². The Morgan fingerprint density at radius 1 is 0.759 bits per heavy atom. The largest absolute Gasteiger partial charge is 0.508 e. The van der Waals surface area contributed by atoms with Crippen LogP contribution in [-0.2, 0) is 17.3 Å². The SMILES string of the molecule is Cc1cc(O)c(CC(O)C(C)c2c(O)cc(C)cc2C(C)(C)C)c(C(C)(C)C)c1. The van der Waals surface area contributed by atoms with E-state index >= 15 is 0 Å². The van der Waals surface area contributed by atoms with Crippen LogP contribution in [0.5, 0.6) is 11.5 Å². The number of hydrogen-bond donors (Lipinski definition) is 3. The van der Waals surface area contributed by atoms with Crippen molar-refractivity contribution in [1.29, 1.82) is 0 Å². The summed E-state index contributed by atoms with van der Waals surface area (Å²) in [7, 11) is 0. The molecule has 3 N–H and O–H groups in total. The Balaban J connectivity index is 2.50. The molecule has 0 amide bonds. The summed E-state index contributed by atoms with van der Waals surface area (Å²) in [6.45, 7) is 18.6. The predicted octanol–water partition coefficient (Wildman–Crippen LogP) is 6.02. The minimum Gasteiger partial charge on any atom is -0.508 e.